The molecule has 1 aliphatic rings. The van der Waals surface area contributed by atoms with Gasteiger partial charge in [0.1, 0.15) is 6.10 Å². The van der Waals surface area contributed by atoms with E-state index in [1.54, 1.807) is 0 Å². The molecular weight excluding hydrogens is 200 g/mol. The van der Waals surface area contributed by atoms with Crippen LogP contribution < -0.4 is 0 Å². The maximum atomic E-state index is 11.5. The first-order valence-corrected chi connectivity index (χ1v) is 5.56. The van der Waals surface area contributed by atoms with E-state index in [-0.39, 0.29) is 6.10 Å². The standard InChI is InChI=1S/C10H12O3S/c1-8-2-4-10(5-3-8)14(11)13-7-9-6-12-9/h2-5,9H,6-7H2,1H3. The topological polar surface area (TPSA) is 38.8 Å². The molecular formula is C10H12O3S. The molecule has 1 fully saturated rings. The lowest BCUT2D eigenvalue weighted by Gasteiger charge is -2.01. The highest BCUT2D eigenvalue weighted by Gasteiger charge is 2.23. The van der Waals surface area contributed by atoms with Crippen molar-refractivity contribution < 1.29 is 13.1 Å². The van der Waals surface area contributed by atoms with Crippen LogP contribution in [0.1, 0.15) is 5.56 Å². The van der Waals surface area contributed by atoms with Crippen LogP contribution in [0.2, 0.25) is 0 Å². The van der Waals surface area contributed by atoms with Crippen LogP contribution in [0, 0.1) is 6.92 Å². The Balaban J connectivity index is 1.92. The second kappa shape index (κ2) is 4.21. The van der Waals surface area contributed by atoms with Crippen molar-refractivity contribution in [2.75, 3.05) is 13.2 Å². The van der Waals surface area contributed by atoms with Crippen LogP contribution in [-0.4, -0.2) is 23.5 Å². The van der Waals surface area contributed by atoms with Crippen molar-refractivity contribution in [1.29, 1.82) is 0 Å². The molecule has 0 aliphatic carbocycles. The lowest BCUT2D eigenvalue weighted by molar-refractivity contribution is 0.282. The maximum absolute atomic E-state index is 11.5. The molecule has 76 valence electrons. The van der Waals surface area contributed by atoms with E-state index in [9.17, 15) is 4.21 Å². The van der Waals surface area contributed by atoms with Crippen LogP contribution in [0.4, 0.5) is 0 Å². The predicted octanol–water partition coefficient (Wildman–Crippen LogP) is 1.43. The normalized spacial score (nSPS) is 21.9. The summed E-state index contributed by atoms with van der Waals surface area (Å²) in [4.78, 5) is 0.705. The number of ether oxygens (including phenoxy) is 1. The maximum Gasteiger partial charge on any atom is 0.189 e. The van der Waals surface area contributed by atoms with Gasteiger partial charge in [0.05, 0.1) is 18.1 Å². The predicted molar refractivity (Wildman–Crippen MR) is 53.3 cm³/mol. The second-order valence-electron chi connectivity index (χ2n) is 3.29. The van der Waals surface area contributed by atoms with Gasteiger partial charge in [0, 0.05) is 0 Å². The van der Waals surface area contributed by atoms with E-state index in [1.807, 2.05) is 31.2 Å². The Labute approximate surface area is 85.7 Å². The molecule has 0 spiro atoms. The summed E-state index contributed by atoms with van der Waals surface area (Å²) in [7, 11) is 0. The van der Waals surface area contributed by atoms with Crippen LogP contribution in [0.5, 0.6) is 0 Å². The fourth-order valence-corrected chi connectivity index (χ4v) is 1.79. The summed E-state index contributed by atoms with van der Waals surface area (Å²) in [6, 6.07) is 7.48. The Bertz CT molecular complexity index is 330. The molecule has 0 saturated carbocycles. The molecule has 0 radical (unpaired) electrons. The van der Waals surface area contributed by atoms with Crippen LogP contribution in [0.15, 0.2) is 29.2 Å². The Kier molecular flexibility index (Phi) is 2.96. The summed E-state index contributed by atoms with van der Waals surface area (Å²) in [6.07, 6.45) is 0.157. The van der Waals surface area contributed by atoms with E-state index < -0.39 is 11.1 Å². The third kappa shape index (κ3) is 2.64. The Morgan fingerprint density at radius 1 is 1.50 bits per heavy atom. The minimum absolute atomic E-state index is 0.157. The molecule has 1 saturated heterocycles. The van der Waals surface area contributed by atoms with Gasteiger partial charge in [-0.25, -0.2) is 4.21 Å². The van der Waals surface area contributed by atoms with E-state index in [2.05, 4.69) is 0 Å². The first-order valence-electron chi connectivity index (χ1n) is 4.49. The molecule has 4 heteroatoms. The summed E-state index contributed by atoms with van der Waals surface area (Å²) in [5.74, 6) is 0. The van der Waals surface area contributed by atoms with Crippen molar-refractivity contribution in [2.45, 2.75) is 17.9 Å². The van der Waals surface area contributed by atoms with Crippen molar-refractivity contribution in [3.8, 4) is 0 Å². The molecule has 1 aliphatic heterocycles. The average molecular weight is 212 g/mol. The lowest BCUT2D eigenvalue weighted by atomic mass is 10.2. The van der Waals surface area contributed by atoms with Crippen molar-refractivity contribution in [2.24, 2.45) is 0 Å². The highest BCUT2D eigenvalue weighted by molar-refractivity contribution is 7.80. The Morgan fingerprint density at radius 3 is 2.71 bits per heavy atom. The van der Waals surface area contributed by atoms with E-state index in [0.29, 0.717) is 11.5 Å². The van der Waals surface area contributed by atoms with Gasteiger partial charge in [0.15, 0.2) is 11.1 Å². The van der Waals surface area contributed by atoms with Crippen LogP contribution >= 0.6 is 0 Å². The van der Waals surface area contributed by atoms with Gasteiger partial charge in [0.25, 0.3) is 0 Å². The number of epoxide rings is 1. The number of rotatable bonds is 4. The minimum atomic E-state index is -1.35. The van der Waals surface area contributed by atoms with Gasteiger partial charge >= 0.3 is 0 Å². The molecule has 3 nitrogen and oxygen atoms in total. The molecule has 0 bridgehead atoms. The molecule has 2 atom stereocenters. The van der Waals surface area contributed by atoms with Crippen molar-refractivity contribution in [3.05, 3.63) is 29.8 Å². The van der Waals surface area contributed by atoms with Crippen LogP contribution in [0.3, 0.4) is 0 Å². The third-order valence-electron chi connectivity index (χ3n) is 1.98. The largest absolute Gasteiger partial charge is 0.371 e. The van der Waals surface area contributed by atoms with E-state index >= 15 is 0 Å². The second-order valence-corrected chi connectivity index (χ2v) is 4.46. The van der Waals surface area contributed by atoms with Crippen molar-refractivity contribution in [1.82, 2.24) is 0 Å². The van der Waals surface area contributed by atoms with Crippen molar-refractivity contribution in [3.63, 3.8) is 0 Å². The van der Waals surface area contributed by atoms with Crippen LogP contribution in [-0.2, 0) is 20.0 Å². The molecule has 14 heavy (non-hydrogen) atoms. The van der Waals surface area contributed by atoms with Gasteiger partial charge in [-0.3, -0.25) is 4.18 Å². The first-order chi connectivity index (χ1) is 6.75. The van der Waals surface area contributed by atoms with Gasteiger partial charge in [0.2, 0.25) is 0 Å². The molecule has 0 amide bonds. The SMILES string of the molecule is Cc1ccc(S(=O)OCC2CO2)cc1. The van der Waals surface area contributed by atoms with Crippen LogP contribution in [0.25, 0.3) is 0 Å². The molecule has 1 aromatic carbocycles. The number of benzene rings is 1. The quantitative estimate of drug-likeness (QED) is 0.709. The zero-order chi connectivity index (χ0) is 9.97. The smallest absolute Gasteiger partial charge is 0.189 e. The van der Waals surface area contributed by atoms with Crippen molar-refractivity contribution >= 4 is 11.1 Å². The molecule has 0 aromatic heterocycles. The summed E-state index contributed by atoms with van der Waals surface area (Å²) < 4.78 is 21.6. The summed E-state index contributed by atoms with van der Waals surface area (Å²) in [6.45, 7) is 3.14. The molecule has 1 heterocycles. The third-order valence-corrected chi connectivity index (χ3v) is 2.98. The number of hydrogen-bond acceptors (Lipinski definition) is 3. The zero-order valence-electron chi connectivity index (χ0n) is 7.93. The number of aryl methyl sites for hydroxylation is 1. The molecule has 2 rings (SSSR count). The fourth-order valence-electron chi connectivity index (χ4n) is 1.02. The van der Waals surface area contributed by atoms with Gasteiger partial charge in [-0.2, -0.15) is 0 Å². The van der Waals surface area contributed by atoms with E-state index in [4.69, 9.17) is 8.92 Å². The number of hydrogen-bond donors (Lipinski definition) is 0. The van der Waals surface area contributed by atoms with Gasteiger partial charge in [-0.1, -0.05) is 17.7 Å². The van der Waals surface area contributed by atoms with Gasteiger partial charge < -0.3 is 4.74 Å². The highest BCUT2D eigenvalue weighted by atomic mass is 32.2. The summed E-state index contributed by atoms with van der Waals surface area (Å²) in [5.41, 5.74) is 1.15. The fraction of sp³-hybridized carbons (Fsp3) is 0.400. The Hall–Kier alpha value is -0.710. The van der Waals surface area contributed by atoms with E-state index in [1.165, 1.54) is 0 Å². The zero-order valence-corrected chi connectivity index (χ0v) is 8.75. The molecule has 2 unspecified atom stereocenters. The molecule has 1 aromatic rings. The minimum Gasteiger partial charge on any atom is -0.371 e. The Morgan fingerprint density at radius 2 is 2.14 bits per heavy atom. The lowest BCUT2D eigenvalue weighted by Crippen LogP contribution is -2.04. The highest BCUT2D eigenvalue weighted by Crippen LogP contribution is 2.13. The van der Waals surface area contributed by atoms with Gasteiger partial charge in [-0.05, 0) is 19.1 Å². The monoisotopic (exact) mass is 212 g/mol. The first kappa shape index (κ1) is 9.83. The summed E-state index contributed by atoms with van der Waals surface area (Å²) in [5, 5.41) is 0. The van der Waals surface area contributed by atoms with E-state index in [0.717, 1.165) is 12.2 Å². The molecule has 0 N–H and O–H groups in total. The average Bonchev–Trinajstić information content (AvgIpc) is 2.99. The summed E-state index contributed by atoms with van der Waals surface area (Å²) >= 11 is -1.35. The van der Waals surface area contributed by atoms with Gasteiger partial charge in [-0.15, -0.1) is 0 Å².